The maximum Gasteiger partial charge on any atom is 0.416 e. The molecule has 2 aliphatic heterocycles. The molecule has 0 spiro atoms. The van der Waals surface area contributed by atoms with Crippen molar-refractivity contribution in [1.82, 2.24) is 24.6 Å². The minimum absolute atomic E-state index is 0.0675. The summed E-state index contributed by atoms with van der Waals surface area (Å²) < 4.78 is 45.2. The third kappa shape index (κ3) is 5.24. The average Bonchev–Trinajstić information content (AvgIpc) is 3.48. The molecular weight excluding hydrogens is 541 g/mol. The zero-order valence-corrected chi connectivity index (χ0v) is 24.8. The third-order valence-electron chi connectivity index (χ3n) is 9.68. The van der Waals surface area contributed by atoms with Crippen LogP contribution in [0.15, 0.2) is 42.7 Å². The molecule has 0 bridgehead atoms. The fraction of sp³-hybridized carbons (Fsp3) is 0.531. The predicted octanol–water partition coefficient (Wildman–Crippen LogP) is 5.43. The summed E-state index contributed by atoms with van der Waals surface area (Å²) in [7, 11) is 4.01. The van der Waals surface area contributed by atoms with E-state index in [1.54, 1.807) is 12.4 Å². The molecule has 1 saturated heterocycles. The standard InChI is InChI=1S/C32H39F3N6O/c1-21(2)28-19-38(3)11-12-40(28)17-22-13-25-26(27(14-22)32(33,34)35)18-41(30(25)42)24-8-5-7-23(15-24)31(9-6-10-31)16-29-37-36-20-39(29)4/h5,7-8,13-15,20-21,28H,6,9-12,16-19H2,1-4H3/t28-/m1/s1. The number of alkyl halides is 3. The second kappa shape index (κ2) is 10.8. The average molecular weight is 581 g/mol. The van der Waals surface area contributed by atoms with Crippen LogP contribution < -0.4 is 4.90 Å². The molecule has 0 unspecified atom stereocenters. The summed E-state index contributed by atoms with van der Waals surface area (Å²) in [5.41, 5.74) is 1.67. The Morgan fingerprint density at radius 2 is 1.88 bits per heavy atom. The number of piperazine rings is 1. The van der Waals surface area contributed by atoms with E-state index < -0.39 is 11.7 Å². The van der Waals surface area contributed by atoms with Gasteiger partial charge >= 0.3 is 6.18 Å². The van der Waals surface area contributed by atoms with Gasteiger partial charge in [-0.1, -0.05) is 32.4 Å². The zero-order valence-electron chi connectivity index (χ0n) is 24.8. The van der Waals surface area contributed by atoms with Gasteiger partial charge in [-0.25, -0.2) is 0 Å². The number of hydrogen-bond donors (Lipinski definition) is 0. The molecule has 1 amide bonds. The molecule has 1 aromatic heterocycles. The molecule has 42 heavy (non-hydrogen) atoms. The van der Waals surface area contributed by atoms with E-state index in [2.05, 4.69) is 47.0 Å². The quantitative estimate of drug-likeness (QED) is 0.373. The topological polar surface area (TPSA) is 57.5 Å². The van der Waals surface area contributed by atoms with Crippen molar-refractivity contribution in [1.29, 1.82) is 0 Å². The summed E-state index contributed by atoms with van der Waals surface area (Å²) in [4.78, 5) is 19.8. The molecule has 6 rings (SSSR count). The Bertz CT molecular complexity index is 1480. The van der Waals surface area contributed by atoms with Gasteiger partial charge in [0.25, 0.3) is 5.91 Å². The van der Waals surface area contributed by atoms with Gasteiger partial charge in [-0.15, -0.1) is 10.2 Å². The molecule has 0 radical (unpaired) electrons. The van der Waals surface area contributed by atoms with Crippen LogP contribution in [0.1, 0.15) is 71.5 Å². The van der Waals surface area contributed by atoms with E-state index in [0.717, 1.165) is 56.7 Å². The van der Waals surface area contributed by atoms with E-state index in [1.165, 1.54) is 11.0 Å². The van der Waals surface area contributed by atoms with Crippen molar-refractivity contribution in [3.05, 3.63) is 76.4 Å². The van der Waals surface area contributed by atoms with Gasteiger partial charge in [0, 0.05) is 62.4 Å². The second-order valence-electron chi connectivity index (χ2n) is 12.8. The summed E-state index contributed by atoms with van der Waals surface area (Å²) in [6.45, 7) is 7.11. The molecule has 3 aliphatic rings. The number of rotatable bonds is 7. The molecule has 1 atom stereocenters. The first-order valence-corrected chi connectivity index (χ1v) is 14.9. The fourth-order valence-electron chi connectivity index (χ4n) is 7.02. The van der Waals surface area contributed by atoms with Crippen LogP contribution in [0.4, 0.5) is 18.9 Å². The number of amides is 1. The maximum absolute atomic E-state index is 14.4. The van der Waals surface area contributed by atoms with Crippen LogP contribution in [-0.4, -0.2) is 63.2 Å². The van der Waals surface area contributed by atoms with Crippen molar-refractivity contribution in [2.45, 2.75) is 70.3 Å². The zero-order chi connectivity index (χ0) is 29.8. The summed E-state index contributed by atoms with van der Waals surface area (Å²) in [5.74, 6) is 0.887. The highest BCUT2D eigenvalue weighted by molar-refractivity contribution is 6.10. The smallest absolute Gasteiger partial charge is 0.321 e. The Labute approximate surface area is 245 Å². The number of carbonyl (C=O) groups excluding carboxylic acids is 1. The summed E-state index contributed by atoms with van der Waals surface area (Å²) in [6, 6.07) is 11.0. The number of carbonyl (C=O) groups is 1. The molecular formula is C32H39F3N6O. The van der Waals surface area contributed by atoms with E-state index in [9.17, 15) is 18.0 Å². The molecule has 7 nitrogen and oxygen atoms in total. The van der Waals surface area contributed by atoms with Crippen molar-refractivity contribution in [3.63, 3.8) is 0 Å². The number of hydrogen-bond acceptors (Lipinski definition) is 5. The van der Waals surface area contributed by atoms with Crippen molar-refractivity contribution >= 4 is 11.6 Å². The minimum atomic E-state index is -4.55. The van der Waals surface area contributed by atoms with Crippen LogP contribution in [0.5, 0.6) is 0 Å². The molecule has 1 saturated carbocycles. The highest BCUT2D eigenvalue weighted by atomic mass is 19.4. The van der Waals surface area contributed by atoms with Gasteiger partial charge in [0.1, 0.15) is 12.2 Å². The first kappa shape index (κ1) is 28.9. The van der Waals surface area contributed by atoms with Crippen LogP contribution in [0.2, 0.25) is 0 Å². The van der Waals surface area contributed by atoms with Gasteiger partial charge in [-0.05, 0) is 66.8 Å². The highest BCUT2D eigenvalue weighted by Gasteiger charge is 2.43. The molecule has 2 fully saturated rings. The van der Waals surface area contributed by atoms with Gasteiger partial charge in [-0.3, -0.25) is 9.69 Å². The van der Waals surface area contributed by atoms with Crippen LogP contribution in [-0.2, 0) is 38.1 Å². The minimum Gasteiger partial charge on any atom is -0.321 e. The Morgan fingerprint density at radius 3 is 2.52 bits per heavy atom. The first-order chi connectivity index (χ1) is 19.9. The molecule has 1 aliphatic carbocycles. The highest BCUT2D eigenvalue weighted by Crippen LogP contribution is 2.47. The third-order valence-corrected chi connectivity index (χ3v) is 9.68. The van der Waals surface area contributed by atoms with Gasteiger partial charge in [-0.2, -0.15) is 13.2 Å². The lowest BCUT2D eigenvalue weighted by molar-refractivity contribution is -0.138. The lowest BCUT2D eigenvalue weighted by atomic mass is 9.62. The summed E-state index contributed by atoms with van der Waals surface area (Å²) in [5, 5.41) is 8.31. The number of aryl methyl sites for hydroxylation is 1. The van der Waals surface area contributed by atoms with Gasteiger partial charge < -0.3 is 14.4 Å². The molecule has 3 heterocycles. The van der Waals surface area contributed by atoms with E-state index in [4.69, 9.17) is 0 Å². The van der Waals surface area contributed by atoms with E-state index >= 15 is 0 Å². The summed E-state index contributed by atoms with van der Waals surface area (Å²) in [6.07, 6.45) is 0.942. The van der Waals surface area contributed by atoms with Gasteiger partial charge in [0.2, 0.25) is 0 Å². The van der Waals surface area contributed by atoms with Gasteiger partial charge in [0.15, 0.2) is 0 Å². The van der Waals surface area contributed by atoms with Crippen LogP contribution in [0.25, 0.3) is 0 Å². The Morgan fingerprint density at radius 1 is 1.10 bits per heavy atom. The maximum atomic E-state index is 14.4. The van der Waals surface area contributed by atoms with Crippen molar-refractivity contribution in [2.75, 3.05) is 31.6 Å². The number of aromatic nitrogens is 3. The number of fused-ring (bicyclic) bond motifs is 1. The SMILES string of the molecule is CC(C)[C@H]1CN(C)CCN1Cc1cc2c(c(C(F)(F)F)c1)CN(c1cccc(C3(Cc4nncn4C)CCC3)c1)C2=O. The molecule has 3 aromatic rings. The number of likely N-dealkylation sites (N-methyl/N-ethyl adjacent to an activating group) is 1. The molecule has 2 aromatic carbocycles. The Kier molecular flexibility index (Phi) is 7.42. The van der Waals surface area contributed by atoms with Crippen LogP contribution in [0, 0.1) is 5.92 Å². The van der Waals surface area contributed by atoms with E-state index in [-0.39, 0.29) is 35.0 Å². The lowest BCUT2D eigenvalue weighted by Crippen LogP contribution is -2.53. The number of anilines is 1. The van der Waals surface area contributed by atoms with Crippen molar-refractivity contribution in [2.24, 2.45) is 13.0 Å². The van der Waals surface area contributed by atoms with Gasteiger partial charge in [0.05, 0.1) is 12.1 Å². The summed E-state index contributed by atoms with van der Waals surface area (Å²) >= 11 is 0. The first-order valence-electron chi connectivity index (χ1n) is 14.9. The largest absolute Gasteiger partial charge is 0.416 e. The Balaban J connectivity index is 1.31. The Hall–Kier alpha value is -3.24. The molecule has 0 N–H and O–H groups in total. The predicted molar refractivity (Wildman–Crippen MR) is 155 cm³/mol. The van der Waals surface area contributed by atoms with Crippen LogP contribution >= 0.6 is 0 Å². The molecule has 10 heteroatoms. The number of halogens is 3. The second-order valence-corrected chi connectivity index (χ2v) is 12.8. The monoisotopic (exact) mass is 580 g/mol. The lowest BCUT2D eigenvalue weighted by Gasteiger charge is -2.42. The normalized spacial score (nSPS) is 21.2. The number of benzene rings is 2. The van der Waals surface area contributed by atoms with Crippen LogP contribution in [0.3, 0.4) is 0 Å². The van der Waals surface area contributed by atoms with Crippen molar-refractivity contribution in [3.8, 4) is 0 Å². The molecule has 224 valence electrons. The van der Waals surface area contributed by atoms with E-state index in [0.29, 0.717) is 23.7 Å². The number of nitrogens with zero attached hydrogens (tertiary/aromatic N) is 6. The fourth-order valence-corrected chi connectivity index (χ4v) is 7.02. The van der Waals surface area contributed by atoms with E-state index in [1.807, 2.05) is 29.8 Å². The van der Waals surface area contributed by atoms with Crippen molar-refractivity contribution < 1.29 is 18.0 Å².